The average molecular weight is 469 g/mol. The molecule has 0 spiro atoms. The number of anilines is 1. The quantitative estimate of drug-likeness (QED) is 0.295. The van der Waals surface area contributed by atoms with Crippen LogP contribution in [0.1, 0.15) is 45.6 Å². The van der Waals surface area contributed by atoms with Gasteiger partial charge in [-0.15, -0.1) is 0 Å². The minimum atomic E-state index is -1.85. The average Bonchev–Trinajstić information content (AvgIpc) is 2.74. The largest absolute Gasteiger partial charge is 0.479 e. The highest BCUT2D eigenvalue weighted by Gasteiger charge is 2.48. The molecule has 11 nitrogen and oxygen atoms in total. The predicted molar refractivity (Wildman–Crippen MR) is 117 cm³/mol. The van der Waals surface area contributed by atoms with Crippen LogP contribution in [0.4, 0.5) is 5.69 Å². The zero-order valence-electron chi connectivity index (χ0n) is 19.0. The van der Waals surface area contributed by atoms with Crippen molar-refractivity contribution in [3.8, 4) is 5.75 Å². The summed E-state index contributed by atoms with van der Waals surface area (Å²) in [5.41, 5.74) is 1.11. The van der Waals surface area contributed by atoms with Crippen LogP contribution in [0.2, 0.25) is 0 Å². The lowest BCUT2D eigenvalue weighted by molar-refractivity contribution is -0.271. The van der Waals surface area contributed by atoms with Gasteiger partial charge in [0, 0.05) is 18.9 Å². The third-order valence-electron chi connectivity index (χ3n) is 5.18. The Morgan fingerprint density at radius 2 is 1.73 bits per heavy atom. The van der Waals surface area contributed by atoms with E-state index in [9.17, 15) is 34.8 Å². The van der Waals surface area contributed by atoms with Gasteiger partial charge in [-0.1, -0.05) is 33.8 Å². The second-order valence-corrected chi connectivity index (χ2v) is 8.51. The molecule has 1 fully saturated rings. The molecule has 0 saturated carbocycles. The third-order valence-corrected chi connectivity index (χ3v) is 5.18. The number of benzene rings is 1. The smallest absolute Gasteiger partial charge is 0.335 e. The molecule has 33 heavy (non-hydrogen) atoms. The second kappa shape index (κ2) is 11.4. The molecule has 1 saturated heterocycles. The second-order valence-electron chi connectivity index (χ2n) is 8.51. The number of nitrogens with one attached hydrogen (secondary N) is 2. The van der Waals surface area contributed by atoms with Gasteiger partial charge in [0.05, 0.1) is 5.69 Å². The van der Waals surface area contributed by atoms with E-state index < -0.39 is 42.6 Å². The molecule has 5 atom stereocenters. The Kier molecular flexibility index (Phi) is 9.17. The van der Waals surface area contributed by atoms with Crippen molar-refractivity contribution in [1.82, 2.24) is 5.32 Å². The molecule has 1 aromatic carbocycles. The number of amides is 2. The van der Waals surface area contributed by atoms with Gasteiger partial charge in [0.2, 0.25) is 18.1 Å². The summed E-state index contributed by atoms with van der Waals surface area (Å²) in [5, 5.41) is 44.6. The Morgan fingerprint density at radius 3 is 2.30 bits per heavy atom. The fraction of sp³-hybridized carbons (Fsp3) is 0.591. The highest BCUT2D eigenvalue weighted by atomic mass is 16.7. The van der Waals surface area contributed by atoms with Crippen LogP contribution >= 0.6 is 0 Å². The highest BCUT2D eigenvalue weighted by molar-refractivity contribution is 5.93. The molecule has 1 aliphatic rings. The molecule has 0 unspecified atom stereocenters. The van der Waals surface area contributed by atoms with Crippen LogP contribution in [0.15, 0.2) is 18.2 Å². The van der Waals surface area contributed by atoms with E-state index in [1.54, 1.807) is 26.0 Å². The van der Waals surface area contributed by atoms with Crippen LogP contribution < -0.4 is 15.4 Å². The Balaban J connectivity index is 2.18. The fourth-order valence-corrected chi connectivity index (χ4v) is 3.10. The molecular formula is C22H32N2O9. The zero-order chi connectivity index (χ0) is 24.9. The van der Waals surface area contributed by atoms with Gasteiger partial charge in [0.15, 0.2) is 6.10 Å². The van der Waals surface area contributed by atoms with Crippen LogP contribution in [0.25, 0.3) is 0 Å². The van der Waals surface area contributed by atoms with Crippen LogP contribution in [0.3, 0.4) is 0 Å². The predicted octanol–water partition coefficient (Wildman–Crippen LogP) is 0.182. The number of carbonyl (C=O) groups excluding carboxylic acids is 2. The number of hydrogen-bond donors (Lipinski definition) is 6. The van der Waals surface area contributed by atoms with E-state index in [1.165, 1.54) is 6.07 Å². The number of carboxylic acid groups (broad SMARTS) is 1. The van der Waals surface area contributed by atoms with Crippen molar-refractivity contribution in [3.63, 3.8) is 0 Å². The summed E-state index contributed by atoms with van der Waals surface area (Å²) in [7, 11) is 0. The maximum absolute atomic E-state index is 12.4. The maximum atomic E-state index is 12.4. The SMILES string of the molecule is CC(C)C(=O)NCCC(=O)Nc1cc(C(C)C)ccc1O[C@@H]1O[C@H](C(=O)O)[C@@H](O)[C@H](O)[C@H]1O. The maximum Gasteiger partial charge on any atom is 0.335 e. The van der Waals surface area contributed by atoms with Gasteiger partial charge in [-0.05, 0) is 23.6 Å². The number of aliphatic hydroxyl groups excluding tert-OH is 3. The molecule has 6 N–H and O–H groups in total. The molecule has 0 aliphatic carbocycles. The van der Waals surface area contributed by atoms with Gasteiger partial charge in [-0.25, -0.2) is 4.79 Å². The van der Waals surface area contributed by atoms with Crippen molar-refractivity contribution in [2.45, 2.75) is 70.7 Å². The summed E-state index contributed by atoms with van der Waals surface area (Å²) in [4.78, 5) is 35.4. The minimum absolute atomic E-state index is 0.00163. The summed E-state index contributed by atoms with van der Waals surface area (Å²) in [6.07, 6.45) is -8.84. The van der Waals surface area contributed by atoms with E-state index >= 15 is 0 Å². The number of rotatable bonds is 9. The third kappa shape index (κ3) is 6.87. The highest BCUT2D eigenvalue weighted by Crippen LogP contribution is 2.32. The number of ether oxygens (including phenoxy) is 2. The van der Waals surface area contributed by atoms with E-state index in [2.05, 4.69) is 10.6 Å². The summed E-state index contributed by atoms with van der Waals surface area (Å²) < 4.78 is 10.8. The summed E-state index contributed by atoms with van der Waals surface area (Å²) in [6.45, 7) is 7.52. The summed E-state index contributed by atoms with van der Waals surface area (Å²) in [6, 6.07) is 4.92. The molecule has 11 heteroatoms. The van der Waals surface area contributed by atoms with Crippen molar-refractivity contribution in [1.29, 1.82) is 0 Å². The monoisotopic (exact) mass is 468 g/mol. The van der Waals surface area contributed by atoms with Gasteiger partial charge < -0.3 is 40.5 Å². The lowest BCUT2D eigenvalue weighted by atomic mass is 9.99. The first-order valence-electron chi connectivity index (χ1n) is 10.7. The Labute approximate surface area is 191 Å². The van der Waals surface area contributed by atoms with E-state index in [1.807, 2.05) is 13.8 Å². The van der Waals surface area contributed by atoms with E-state index in [-0.39, 0.29) is 42.1 Å². The van der Waals surface area contributed by atoms with Gasteiger partial charge in [-0.3, -0.25) is 9.59 Å². The minimum Gasteiger partial charge on any atom is -0.479 e. The number of carboxylic acids is 1. The van der Waals surface area contributed by atoms with Crippen LogP contribution in [-0.4, -0.2) is 75.5 Å². The topological polar surface area (TPSA) is 175 Å². The molecule has 2 rings (SSSR count). The fourth-order valence-electron chi connectivity index (χ4n) is 3.10. The Morgan fingerprint density at radius 1 is 1.06 bits per heavy atom. The molecule has 0 bridgehead atoms. The lowest BCUT2D eigenvalue weighted by Gasteiger charge is -2.38. The first-order valence-corrected chi connectivity index (χ1v) is 10.7. The molecule has 0 radical (unpaired) electrons. The Hall–Kier alpha value is -2.73. The number of hydrogen-bond acceptors (Lipinski definition) is 8. The van der Waals surface area contributed by atoms with Crippen molar-refractivity contribution < 1.29 is 44.3 Å². The van der Waals surface area contributed by atoms with Crippen molar-refractivity contribution in [2.75, 3.05) is 11.9 Å². The van der Waals surface area contributed by atoms with Gasteiger partial charge in [-0.2, -0.15) is 0 Å². The number of aliphatic hydroxyl groups is 3. The van der Waals surface area contributed by atoms with Gasteiger partial charge in [0.1, 0.15) is 24.1 Å². The van der Waals surface area contributed by atoms with E-state index in [0.717, 1.165) is 5.56 Å². The van der Waals surface area contributed by atoms with Crippen LogP contribution in [0, 0.1) is 5.92 Å². The van der Waals surface area contributed by atoms with Crippen molar-refractivity contribution in [2.24, 2.45) is 5.92 Å². The lowest BCUT2D eigenvalue weighted by Crippen LogP contribution is -2.61. The number of carbonyl (C=O) groups is 3. The van der Waals surface area contributed by atoms with Crippen LogP contribution in [-0.2, 0) is 19.1 Å². The van der Waals surface area contributed by atoms with Crippen molar-refractivity contribution >= 4 is 23.5 Å². The normalized spacial score (nSPS) is 25.1. The van der Waals surface area contributed by atoms with Crippen molar-refractivity contribution in [3.05, 3.63) is 23.8 Å². The molecule has 1 aromatic rings. The zero-order valence-corrected chi connectivity index (χ0v) is 19.0. The van der Waals surface area contributed by atoms with Gasteiger partial charge in [0.25, 0.3) is 0 Å². The summed E-state index contributed by atoms with van der Waals surface area (Å²) in [5.74, 6) is -2.14. The molecule has 1 heterocycles. The summed E-state index contributed by atoms with van der Waals surface area (Å²) >= 11 is 0. The molecule has 2 amide bonds. The first kappa shape index (κ1) is 26.5. The van der Waals surface area contributed by atoms with Gasteiger partial charge >= 0.3 is 5.97 Å². The number of aliphatic carboxylic acids is 1. The molecule has 1 aliphatic heterocycles. The van der Waals surface area contributed by atoms with E-state index in [4.69, 9.17) is 9.47 Å². The molecule has 0 aromatic heterocycles. The van der Waals surface area contributed by atoms with E-state index in [0.29, 0.717) is 0 Å². The standard InChI is InChI=1S/C22H32N2O9/c1-10(2)12-5-6-14(13(9-12)24-15(25)7-8-23-20(29)11(3)4)32-22-18(28)16(26)17(27)19(33-22)21(30)31/h5-6,9-11,16-19,22,26-28H,7-8H2,1-4H3,(H,23,29)(H,24,25)(H,30,31)/t16-,17-,18+,19-,22+/m0/s1. The molecular weight excluding hydrogens is 436 g/mol. The van der Waals surface area contributed by atoms with Crippen LogP contribution in [0.5, 0.6) is 5.75 Å². The first-order chi connectivity index (χ1) is 15.4. The Bertz CT molecular complexity index is 858. The molecule has 184 valence electrons.